The Bertz CT molecular complexity index is 1160. The van der Waals surface area contributed by atoms with Gasteiger partial charge in [-0.15, -0.1) is 12.4 Å². The summed E-state index contributed by atoms with van der Waals surface area (Å²) in [5.74, 6) is 0.685. The first kappa shape index (κ1) is 23.6. The molecule has 3 aromatic rings. The molecule has 33 heavy (non-hydrogen) atoms. The van der Waals surface area contributed by atoms with E-state index >= 15 is 0 Å². The molecule has 2 atom stereocenters. The minimum atomic E-state index is -4.39. The quantitative estimate of drug-likeness (QED) is 0.490. The third-order valence-corrected chi connectivity index (χ3v) is 6.58. The van der Waals surface area contributed by atoms with Crippen molar-refractivity contribution in [1.29, 1.82) is 0 Å². The Morgan fingerprint density at radius 3 is 2.76 bits per heavy atom. The summed E-state index contributed by atoms with van der Waals surface area (Å²) in [5.41, 5.74) is 3.35. The molecule has 0 bridgehead atoms. The number of aromatic nitrogens is 2. The SMILES string of the molecule is Cl.O=C(N[C@@H]1CCC[C@H](c2nc3cc(C(F)(F)F)ccc3[nH]2)C1)c1ccc2c(c1)CNCC2. The number of nitrogens with zero attached hydrogens (tertiary/aromatic N) is 1. The van der Waals surface area contributed by atoms with E-state index in [1.54, 1.807) is 0 Å². The van der Waals surface area contributed by atoms with Gasteiger partial charge < -0.3 is 15.6 Å². The molecule has 9 heteroatoms. The first-order chi connectivity index (χ1) is 15.4. The number of fused-ring (bicyclic) bond motifs is 2. The van der Waals surface area contributed by atoms with Gasteiger partial charge >= 0.3 is 6.18 Å². The normalized spacial score (nSPS) is 20.7. The van der Waals surface area contributed by atoms with Gasteiger partial charge in [-0.25, -0.2) is 4.98 Å². The molecular weight excluding hydrogens is 453 g/mol. The highest BCUT2D eigenvalue weighted by molar-refractivity contribution is 5.94. The topological polar surface area (TPSA) is 69.8 Å². The van der Waals surface area contributed by atoms with Gasteiger partial charge in [0.2, 0.25) is 0 Å². The van der Waals surface area contributed by atoms with Gasteiger partial charge in [-0.1, -0.05) is 12.5 Å². The highest BCUT2D eigenvalue weighted by Gasteiger charge is 2.31. The van der Waals surface area contributed by atoms with Gasteiger partial charge in [0.1, 0.15) is 5.82 Å². The van der Waals surface area contributed by atoms with E-state index in [1.807, 2.05) is 18.2 Å². The molecule has 0 spiro atoms. The van der Waals surface area contributed by atoms with Crippen molar-refractivity contribution in [2.45, 2.75) is 56.8 Å². The first-order valence-corrected chi connectivity index (χ1v) is 11.1. The van der Waals surface area contributed by atoms with Crippen molar-refractivity contribution in [2.24, 2.45) is 0 Å². The summed E-state index contributed by atoms with van der Waals surface area (Å²) in [7, 11) is 0. The molecule has 2 heterocycles. The molecule has 2 aromatic carbocycles. The molecule has 1 amide bonds. The maximum atomic E-state index is 13.0. The summed E-state index contributed by atoms with van der Waals surface area (Å²) in [6, 6.07) is 9.49. The summed E-state index contributed by atoms with van der Waals surface area (Å²) < 4.78 is 39.0. The van der Waals surface area contributed by atoms with E-state index in [4.69, 9.17) is 0 Å². The van der Waals surface area contributed by atoms with Crippen LogP contribution in [0.3, 0.4) is 0 Å². The van der Waals surface area contributed by atoms with E-state index in [1.165, 1.54) is 17.2 Å². The van der Waals surface area contributed by atoms with Crippen LogP contribution in [-0.2, 0) is 19.1 Å². The number of hydrogen-bond acceptors (Lipinski definition) is 3. The molecule has 5 nitrogen and oxygen atoms in total. The molecule has 0 radical (unpaired) electrons. The van der Waals surface area contributed by atoms with Crippen LogP contribution in [-0.4, -0.2) is 28.5 Å². The van der Waals surface area contributed by atoms with Gasteiger partial charge in [-0.2, -0.15) is 13.2 Å². The van der Waals surface area contributed by atoms with Crippen molar-refractivity contribution in [2.75, 3.05) is 6.54 Å². The Labute approximate surface area is 196 Å². The summed E-state index contributed by atoms with van der Waals surface area (Å²) in [5, 5.41) is 6.49. The Hall–Kier alpha value is -2.58. The number of carbonyl (C=O) groups is 1. The van der Waals surface area contributed by atoms with E-state index in [-0.39, 0.29) is 30.3 Å². The maximum Gasteiger partial charge on any atom is 0.416 e. The number of carbonyl (C=O) groups excluding carboxylic acids is 1. The maximum absolute atomic E-state index is 13.0. The summed E-state index contributed by atoms with van der Waals surface area (Å²) in [6.45, 7) is 1.74. The number of benzene rings is 2. The van der Waals surface area contributed by atoms with Crippen LogP contribution < -0.4 is 10.6 Å². The standard InChI is InChI=1S/C24H25F3N4O.ClH/c25-24(26,27)18-6-7-20-21(12-18)31-22(30-20)15-2-1-3-19(11-15)29-23(32)16-5-4-14-8-9-28-13-17(14)10-16;/h4-7,10,12,15,19,28H,1-3,8-9,11,13H2,(H,29,32)(H,30,31);1H/t15-,19+;/m0./s1. The van der Waals surface area contributed by atoms with Crippen molar-refractivity contribution in [3.05, 3.63) is 64.5 Å². The van der Waals surface area contributed by atoms with Crippen LogP contribution in [0.2, 0.25) is 0 Å². The molecule has 1 fully saturated rings. The predicted molar refractivity (Wildman–Crippen MR) is 123 cm³/mol. The van der Waals surface area contributed by atoms with Gasteiger partial charge in [-0.3, -0.25) is 4.79 Å². The third-order valence-electron chi connectivity index (χ3n) is 6.58. The van der Waals surface area contributed by atoms with Gasteiger partial charge in [-0.05, 0) is 73.7 Å². The minimum Gasteiger partial charge on any atom is -0.349 e. The van der Waals surface area contributed by atoms with Gasteiger partial charge in [0, 0.05) is 24.1 Å². The third kappa shape index (κ3) is 5.01. The monoisotopic (exact) mass is 478 g/mol. The molecule has 1 saturated carbocycles. The van der Waals surface area contributed by atoms with E-state index < -0.39 is 11.7 Å². The fourth-order valence-corrected chi connectivity index (χ4v) is 4.85. The molecule has 1 aliphatic carbocycles. The van der Waals surface area contributed by atoms with Gasteiger partial charge in [0.15, 0.2) is 0 Å². The highest BCUT2D eigenvalue weighted by Crippen LogP contribution is 2.35. The Morgan fingerprint density at radius 2 is 1.94 bits per heavy atom. The van der Waals surface area contributed by atoms with Gasteiger partial charge in [0.25, 0.3) is 5.91 Å². The van der Waals surface area contributed by atoms with Crippen molar-refractivity contribution in [3.63, 3.8) is 0 Å². The van der Waals surface area contributed by atoms with Crippen LogP contribution in [0.4, 0.5) is 13.2 Å². The average molecular weight is 479 g/mol. The molecule has 2 aliphatic rings. The fourth-order valence-electron chi connectivity index (χ4n) is 4.85. The second-order valence-corrected chi connectivity index (χ2v) is 8.80. The number of imidazole rings is 1. The van der Waals surface area contributed by atoms with E-state index in [0.29, 0.717) is 28.8 Å². The largest absolute Gasteiger partial charge is 0.416 e. The molecule has 1 aliphatic heterocycles. The van der Waals surface area contributed by atoms with Crippen LogP contribution in [0.25, 0.3) is 11.0 Å². The molecule has 5 rings (SSSR count). The number of alkyl halides is 3. The molecule has 1 aromatic heterocycles. The number of aromatic amines is 1. The number of hydrogen-bond donors (Lipinski definition) is 3. The van der Waals surface area contributed by atoms with Crippen molar-refractivity contribution >= 4 is 29.3 Å². The van der Waals surface area contributed by atoms with Crippen LogP contribution in [0.15, 0.2) is 36.4 Å². The van der Waals surface area contributed by atoms with Crippen molar-refractivity contribution in [3.8, 4) is 0 Å². The lowest BCUT2D eigenvalue weighted by molar-refractivity contribution is -0.137. The van der Waals surface area contributed by atoms with Crippen LogP contribution in [0.1, 0.15) is 64.5 Å². The predicted octanol–water partition coefficient (Wildman–Crippen LogP) is 5.11. The van der Waals surface area contributed by atoms with Crippen molar-refractivity contribution in [1.82, 2.24) is 20.6 Å². The zero-order chi connectivity index (χ0) is 22.3. The molecule has 0 saturated heterocycles. The number of halogens is 4. The summed E-state index contributed by atoms with van der Waals surface area (Å²) in [4.78, 5) is 20.5. The zero-order valence-corrected chi connectivity index (χ0v) is 18.8. The number of amides is 1. The van der Waals surface area contributed by atoms with Crippen LogP contribution >= 0.6 is 12.4 Å². The second-order valence-electron chi connectivity index (χ2n) is 8.80. The summed E-state index contributed by atoms with van der Waals surface area (Å²) >= 11 is 0. The molecule has 176 valence electrons. The minimum absolute atomic E-state index is 0. The van der Waals surface area contributed by atoms with Crippen LogP contribution in [0.5, 0.6) is 0 Å². The first-order valence-electron chi connectivity index (χ1n) is 11.1. The number of rotatable bonds is 3. The van der Waals surface area contributed by atoms with Gasteiger partial charge in [0.05, 0.1) is 16.6 Å². The van der Waals surface area contributed by atoms with E-state index in [9.17, 15) is 18.0 Å². The second kappa shape index (κ2) is 9.35. The lowest BCUT2D eigenvalue weighted by atomic mass is 9.85. The zero-order valence-electron chi connectivity index (χ0n) is 18.0. The molecule has 0 unspecified atom stereocenters. The lowest BCUT2D eigenvalue weighted by Crippen LogP contribution is -2.38. The van der Waals surface area contributed by atoms with Crippen LogP contribution in [0, 0.1) is 0 Å². The fraction of sp³-hybridized carbons (Fsp3) is 0.417. The van der Waals surface area contributed by atoms with E-state index in [0.717, 1.165) is 50.9 Å². The highest BCUT2D eigenvalue weighted by atomic mass is 35.5. The molecule has 3 N–H and O–H groups in total. The molecular formula is C24H26ClF3N4O. The lowest BCUT2D eigenvalue weighted by Gasteiger charge is -2.29. The number of nitrogens with one attached hydrogen (secondary N) is 3. The summed E-state index contributed by atoms with van der Waals surface area (Å²) in [6.07, 6.45) is -0.00144. The average Bonchev–Trinajstić information content (AvgIpc) is 3.22. The Kier molecular flexibility index (Phi) is 6.68. The smallest absolute Gasteiger partial charge is 0.349 e. The Balaban J connectivity index is 0.00000259. The Morgan fingerprint density at radius 1 is 1.09 bits per heavy atom. The number of H-pyrrole nitrogens is 1. The van der Waals surface area contributed by atoms with Crippen molar-refractivity contribution < 1.29 is 18.0 Å². The van der Waals surface area contributed by atoms with E-state index in [2.05, 4.69) is 20.6 Å².